The molecule has 2 nitrogen and oxygen atoms in total. The third kappa shape index (κ3) is 3.04. The molecule has 1 saturated carbocycles. The van der Waals surface area contributed by atoms with E-state index in [-0.39, 0.29) is 6.10 Å². The van der Waals surface area contributed by atoms with Crippen LogP contribution in [0.15, 0.2) is 28.7 Å². The molecule has 2 aliphatic rings. The fraction of sp³-hybridized carbons (Fsp3) is 0.625. The van der Waals surface area contributed by atoms with E-state index < -0.39 is 0 Å². The first-order valence-corrected chi connectivity index (χ1v) is 8.16. The predicted molar refractivity (Wildman–Crippen MR) is 81.2 cm³/mol. The molecule has 3 heteroatoms. The van der Waals surface area contributed by atoms with Crippen molar-refractivity contribution >= 4 is 15.9 Å². The Morgan fingerprint density at radius 3 is 2.68 bits per heavy atom. The summed E-state index contributed by atoms with van der Waals surface area (Å²) in [6.45, 7) is 3.16. The largest absolute Gasteiger partial charge is 0.372 e. The van der Waals surface area contributed by atoms with Gasteiger partial charge in [0.2, 0.25) is 0 Å². The Bertz CT molecular complexity index is 419. The van der Waals surface area contributed by atoms with Gasteiger partial charge in [-0.1, -0.05) is 40.9 Å². The fourth-order valence-electron chi connectivity index (χ4n) is 3.46. The molecule has 4 atom stereocenters. The van der Waals surface area contributed by atoms with Gasteiger partial charge in [-0.15, -0.1) is 0 Å². The minimum atomic E-state index is 0.179. The van der Waals surface area contributed by atoms with E-state index in [4.69, 9.17) is 4.74 Å². The Kier molecular flexibility index (Phi) is 4.25. The molecule has 1 aliphatic carbocycles. The van der Waals surface area contributed by atoms with Crippen molar-refractivity contribution in [2.24, 2.45) is 5.92 Å². The maximum atomic E-state index is 6.23. The molecule has 1 heterocycles. The lowest BCUT2D eigenvalue weighted by molar-refractivity contribution is 0.0263. The molecule has 0 aromatic heterocycles. The van der Waals surface area contributed by atoms with Crippen LogP contribution in [0.4, 0.5) is 0 Å². The molecule has 3 rings (SSSR count). The molecule has 1 aromatic carbocycles. The molecule has 1 aromatic rings. The van der Waals surface area contributed by atoms with Crippen molar-refractivity contribution in [2.45, 2.75) is 50.8 Å². The molecule has 4 unspecified atom stereocenters. The molecule has 1 N–H and O–H groups in total. The zero-order chi connectivity index (χ0) is 13.2. The van der Waals surface area contributed by atoms with Crippen molar-refractivity contribution in [1.82, 2.24) is 5.32 Å². The first kappa shape index (κ1) is 13.6. The quantitative estimate of drug-likeness (QED) is 0.841. The number of halogens is 1. The van der Waals surface area contributed by atoms with E-state index in [1.54, 1.807) is 0 Å². The molecule has 0 radical (unpaired) electrons. The van der Waals surface area contributed by atoms with E-state index in [9.17, 15) is 0 Å². The summed E-state index contributed by atoms with van der Waals surface area (Å²) in [7, 11) is 0. The zero-order valence-corrected chi connectivity index (χ0v) is 13.0. The highest BCUT2D eigenvalue weighted by Gasteiger charge is 2.33. The number of rotatable bonds is 1. The maximum absolute atomic E-state index is 6.23. The topological polar surface area (TPSA) is 21.3 Å². The molecule has 0 spiro atoms. The summed E-state index contributed by atoms with van der Waals surface area (Å²) in [6, 6.07) is 9.58. The van der Waals surface area contributed by atoms with Crippen molar-refractivity contribution in [3.8, 4) is 0 Å². The van der Waals surface area contributed by atoms with E-state index in [1.165, 1.54) is 31.2 Å². The maximum Gasteiger partial charge on any atom is 0.0975 e. The lowest BCUT2D eigenvalue weighted by atomic mass is 9.85. The third-order valence-corrected chi connectivity index (χ3v) is 5.06. The molecule has 19 heavy (non-hydrogen) atoms. The van der Waals surface area contributed by atoms with Gasteiger partial charge in [-0.3, -0.25) is 0 Å². The Labute approximate surface area is 124 Å². The van der Waals surface area contributed by atoms with Crippen LogP contribution in [-0.2, 0) is 4.74 Å². The van der Waals surface area contributed by atoms with Gasteiger partial charge in [-0.2, -0.15) is 0 Å². The van der Waals surface area contributed by atoms with Crippen LogP contribution >= 0.6 is 15.9 Å². The van der Waals surface area contributed by atoms with Crippen LogP contribution in [0.25, 0.3) is 0 Å². The van der Waals surface area contributed by atoms with Gasteiger partial charge in [-0.25, -0.2) is 0 Å². The lowest BCUT2D eigenvalue weighted by Crippen LogP contribution is -2.43. The van der Waals surface area contributed by atoms with E-state index >= 15 is 0 Å². The van der Waals surface area contributed by atoms with Crippen LogP contribution in [0, 0.1) is 5.92 Å². The van der Waals surface area contributed by atoms with Crippen molar-refractivity contribution < 1.29 is 4.74 Å². The second kappa shape index (κ2) is 5.94. The summed E-state index contributed by atoms with van der Waals surface area (Å²) in [6.07, 6.45) is 5.54. The van der Waals surface area contributed by atoms with Crippen LogP contribution in [0.5, 0.6) is 0 Å². The molecule has 1 aliphatic heterocycles. The molecular formula is C16H22BrNO. The highest BCUT2D eigenvalue weighted by Crippen LogP contribution is 2.33. The second-order valence-corrected chi connectivity index (χ2v) is 6.83. The highest BCUT2D eigenvalue weighted by atomic mass is 79.9. The van der Waals surface area contributed by atoms with Crippen LogP contribution in [0.1, 0.15) is 44.3 Å². The average molecular weight is 324 g/mol. The molecule has 0 amide bonds. The number of benzene rings is 1. The minimum absolute atomic E-state index is 0.179. The van der Waals surface area contributed by atoms with Gasteiger partial charge < -0.3 is 10.1 Å². The standard InChI is InChI=1S/C16H22BrNO/c1-11-16(12-6-8-14(17)9-7-12)19-10-13-4-2-3-5-15(13)18-11/h6-9,11,13,15-16,18H,2-5,10H2,1H3. The molecule has 104 valence electrons. The predicted octanol–water partition coefficient (Wildman–Crippen LogP) is 4.06. The van der Waals surface area contributed by atoms with E-state index in [1.807, 2.05) is 0 Å². The van der Waals surface area contributed by atoms with Crippen molar-refractivity contribution in [3.05, 3.63) is 34.3 Å². The molecular weight excluding hydrogens is 302 g/mol. The summed E-state index contributed by atoms with van der Waals surface area (Å²) in [4.78, 5) is 0. The number of nitrogens with one attached hydrogen (secondary N) is 1. The Hall–Kier alpha value is -0.380. The number of hydrogen-bond acceptors (Lipinski definition) is 2. The third-order valence-electron chi connectivity index (χ3n) is 4.53. The van der Waals surface area contributed by atoms with Gasteiger partial charge >= 0.3 is 0 Å². The van der Waals surface area contributed by atoms with Crippen LogP contribution in [-0.4, -0.2) is 18.7 Å². The van der Waals surface area contributed by atoms with Gasteiger partial charge in [0.1, 0.15) is 0 Å². The zero-order valence-electron chi connectivity index (χ0n) is 11.4. The normalized spacial score (nSPS) is 35.5. The average Bonchev–Trinajstić information content (AvgIpc) is 2.58. The van der Waals surface area contributed by atoms with Gasteiger partial charge in [0.05, 0.1) is 12.7 Å². The number of ether oxygens (including phenoxy) is 1. The molecule has 1 saturated heterocycles. The van der Waals surface area contributed by atoms with Crippen molar-refractivity contribution in [1.29, 1.82) is 0 Å². The lowest BCUT2D eigenvalue weighted by Gasteiger charge is -2.30. The van der Waals surface area contributed by atoms with E-state index in [0.717, 1.165) is 11.1 Å². The van der Waals surface area contributed by atoms with Gasteiger partial charge in [0.25, 0.3) is 0 Å². The molecule has 2 fully saturated rings. The summed E-state index contributed by atoms with van der Waals surface area (Å²) in [5.41, 5.74) is 1.28. The first-order valence-electron chi connectivity index (χ1n) is 7.37. The van der Waals surface area contributed by atoms with Crippen LogP contribution in [0.3, 0.4) is 0 Å². The molecule has 0 bridgehead atoms. The first-order chi connectivity index (χ1) is 9.24. The minimum Gasteiger partial charge on any atom is -0.372 e. The Morgan fingerprint density at radius 2 is 1.89 bits per heavy atom. The Balaban J connectivity index is 1.77. The highest BCUT2D eigenvalue weighted by molar-refractivity contribution is 9.10. The summed E-state index contributed by atoms with van der Waals surface area (Å²) in [5, 5.41) is 3.81. The fourth-order valence-corrected chi connectivity index (χ4v) is 3.72. The van der Waals surface area contributed by atoms with Crippen LogP contribution in [0.2, 0.25) is 0 Å². The smallest absolute Gasteiger partial charge is 0.0975 e. The SMILES string of the molecule is CC1NC2CCCCC2COC1c1ccc(Br)cc1. The van der Waals surface area contributed by atoms with Crippen molar-refractivity contribution in [2.75, 3.05) is 6.61 Å². The van der Waals surface area contributed by atoms with Crippen LogP contribution < -0.4 is 5.32 Å². The van der Waals surface area contributed by atoms with Gasteiger partial charge in [0.15, 0.2) is 0 Å². The Morgan fingerprint density at radius 1 is 1.16 bits per heavy atom. The van der Waals surface area contributed by atoms with E-state index in [2.05, 4.69) is 52.4 Å². The summed E-state index contributed by atoms with van der Waals surface area (Å²) < 4.78 is 7.36. The van der Waals surface area contributed by atoms with Crippen molar-refractivity contribution in [3.63, 3.8) is 0 Å². The van der Waals surface area contributed by atoms with E-state index in [0.29, 0.717) is 18.0 Å². The monoisotopic (exact) mass is 323 g/mol. The summed E-state index contributed by atoms with van der Waals surface area (Å²) >= 11 is 3.49. The summed E-state index contributed by atoms with van der Waals surface area (Å²) in [5.74, 6) is 0.705. The van der Waals surface area contributed by atoms with Gasteiger partial charge in [-0.05, 0) is 43.4 Å². The number of fused-ring (bicyclic) bond motifs is 1. The number of hydrogen-bond donors (Lipinski definition) is 1. The van der Waals surface area contributed by atoms with Gasteiger partial charge in [0, 0.05) is 16.6 Å². The second-order valence-electron chi connectivity index (χ2n) is 5.91.